The monoisotopic (exact) mass is 348 g/mol. The lowest BCUT2D eigenvalue weighted by molar-refractivity contribution is 0.471. The number of hydrogen-bond acceptors (Lipinski definition) is 3. The molecular formula is C17H21BrN2O. The standard InChI is InChI=1S/C17H21BrN2O/c1-20(15-6-3-2-4-7-15)11-5-10-19-13-14-8-9-17(21)16(18)12-14/h2-4,6-9,12,19,21H,5,10-11,13H2,1H3. The Bertz CT molecular complexity index is 560. The molecule has 0 aromatic heterocycles. The number of benzene rings is 2. The Morgan fingerprint density at radius 2 is 1.90 bits per heavy atom. The Kier molecular flexibility index (Phi) is 6.08. The van der Waals surface area contributed by atoms with E-state index < -0.39 is 0 Å². The van der Waals surface area contributed by atoms with Gasteiger partial charge in [0.2, 0.25) is 0 Å². The van der Waals surface area contributed by atoms with E-state index in [0.717, 1.165) is 36.1 Å². The minimum absolute atomic E-state index is 0.281. The molecule has 0 saturated carbocycles. The third kappa shape index (κ3) is 5.06. The Morgan fingerprint density at radius 3 is 2.62 bits per heavy atom. The van der Waals surface area contributed by atoms with E-state index in [0.29, 0.717) is 0 Å². The van der Waals surface area contributed by atoms with Gasteiger partial charge in [-0.05, 0) is 58.7 Å². The maximum atomic E-state index is 9.45. The van der Waals surface area contributed by atoms with Gasteiger partial charge in [-0.2, -0.15) is 0 Å². The SMILES string of the molecule is CN(CCCNCc1ccc(O)c(Br)c1)c1ccccc1. The molecule has 0 unspecified atom stereocenters. The minimum atomic E-state index is 0.281. The van der Waals surface area contributed by atoms with Crippen molar-refractivity contribution >= 4 is 21.6 Å². The van der Waals surface area contributed by atoms with E-state index in [1.807, 2.05) is 18.2 Å². The van der Waals surface area contributed by atoms with Crippen LogP contribution >= 0.6 is 15.9 Å². The molecule has 21 heavy (non-hydrogen) atoms. The van der Waals surface area contributed by atoms with Crippen LogP contribution in [0, 0.1) is 0 Å². The van der Waals surface area contributed by atoms with Crippen LogP contribution in [0.25, 0.3) is 0 Å². The molecule has 0 bridgehead atoms. The number of hydrogen-bond donors (Lipinski definition) is 2. The maximum Gasteiger partial charge on any atom is 0.129 e. The number of para-hydroxylation sites is 1. The summed E-state index contributed by atoms with van der Waals surface area (Å²) in [5.74, 6) is 0.281. The second kappa shape index (κ2) is 8.05. The molecule has 4 heteroatoms. The normalized spacial score (nSPS) is 10.6. The second-order valence-electron chi connectivity index (χ2n) is 5.07. The number of aromatic hydroxyl groups is 1. The summed E-state index contributed by atoms with van der Waals surface area (Å²) < 4.78 is 0.741. The Labute approximate surface area is 134 Å². The smallest absolute Gasteiger partial charge is 0.129 e. The Morgan fingerprint density at radius 1 is 1.14 bits per heavy atom. The van der Waals surface area contributed by atoms with Gasteiger partial charge in [-0.15, -0.1) is 0 Å². The van der Waals surface area contributed by atoms with Crippen LogP contribution in [0.3, 0.4) is 0 Å². The van der Waals surface area contributed by atoms with Gasteiger partial charge in [-0.25, -0.2) is 0 Å². The quantitative estimate of drug-likeness (QED) is 0.747. The number of halogens is 1. The number of nitrogens with one attached hydrogen (secondary N) is 1. The highest BCUT2D eigenvalue weighted by Gasteiger charge is 2.01. The Balaban J connectivity index is 1.67. The van der Waals surface area contributed by atoms with Crippen LogP contribution in [0.4, 0.5) is 5.69 Å². The van der Waals surface area contributed by atoms with E-state index >= 15 is 0 Å². The van der Waals surface area contributed by atoms with Crippen molar-refractivity contribution < 1.29 is 5.11 Å². The molecule has 0 atom stereocenters. The second-order valence-corrected chi connectivity index (χ2v) is 5.93. The zero-order chi connectivity index (χ0) is 15.1. The highest BCUT2D eigenvalue weighted by molar-refractivity contribution is 9.10. The molecule has 2 N–H and O–H groups in total. The maximum absolute atomic E-state index is 9.45. The third-order valence-electron chi connectivity index (χ3n) is 3.39. The highest BCUT2D eigenvalue weighted by Crippen LogP contribution is 2.24. The summed E-state index contributed by atoms with van der Waals surface area (Å²) in [4.78, 5) is 2.26. The molecule has 0 spiro atoms. The molecule has 0 amide bonds. The molecule has 2 aromatic carbocycles. The lowest BCUT2D eigenvalue weighted by Crippen LogP contribution is -2.23. The van der Waals surface area contributed by atoms with Crippen LogP contribution in [0.5, 0.6) is 5.75 Å². The molecule has 0 fully saturated rings. The number of anilines is 1. The minimum Gasteiger partial charge on any atom is -0.507 e. The van der Waals surface area contributed by atoms with E-state index in [2.05, 4.69) is 57.5 Å². The number of phenols is 1. The molecule has 0 radical (unpaired) electrons. The van der Waals surface area contributed by atoms with Crippen LogP contribution in [-0.4, -0.2) is 25.2 Å². The van der Waals surface area contributed by atoms with Gasteiger partial charge in [0.05, 0.1) is 4.47 Å². The van der Waals surface area contributed by atoms with Crippen molar-refractivity contribution in [2.75, 3.05) is 25.0 Å². The van der Waals surface area contributed by atoms with Crippen molar-refractivity contribution in [3.8, 4) is 5.75 Å². The predicted molar refractivity (Wildman–Crippen MR) is 91.8 cm³/mol. The van der Waals surface area contributed by atoms with Gasteiger partial charge in [0.1, 0.15) is 5.75 Å². The summed E-state index contributed by atoms with van der Waals surface area (Å²) in [7, 11) is 2.12. The van der Waals surface area contributed by atoms with Gasteiger partial charge in [0.25, 0.3) is 0 Å². The van der Waals surface area contributed by atoms with Crippen molar-refractivity contribution in [2.45, 2.75) is 13.0 Å². The molecular weight excluding hydrogens is 328 g/mol. The van der Waals surface area contributed by atoms with E-state index in [9.17, 15) is 5.11 Å². The van der Waals surface area contributed by atoms with Crippen LogP contribution in [0.15, 0.2) is 53.0 Å². The van der Waals surface area contributed by atoms with E-state index in [-0.39, 0.29) is 5.75 Å². The van der Waals surface area contributed by atoms with Crippen molar-refractivity contribution in [2.24, 2.45) is 0 Å². The van der Waals surface area contributed by atoms with E-state index in [1.165, 1.54) is 5.69 Å². The zero-order valence-corrected chi connectivity index (χ0v) is 13.8. The average molecular weight is 349 g/mol. The summed E-state index contributed by atoms with van der Waals surface area (Å²) in [6, 6.07) is 16.0. The summed E-state index contributed by atoms with van der Waals surface area (Å²) in [6.07, 6.45) is 1.09. The van der Waals surface area contributed by atoms with Crippen LogP contribution in [-0.2, 0) is 6.54 Å². The van der Waals surface area contributed by atoms with Gasteiger partial charge in [0.15, 0.2) is 0 Å². The summed E-state index contributed by atoms with van der Waals surface area (Å²) in [6.45, 7) is 2.81. The zero-order valence-electron chi connectivity index (χ0n) is 12.2. The lowest BCUT2D eigenvalue weighted by atomic mass is 10.2. The first-order valence-electron chi connectivity index (χ1n) is 7.11. The molecule has 112 valence electrons. The molecule has 0 heterocycles. The van der Waals surface area contributed by atoms with Gasteiger partial charge in [0, 0.05) is 25.8 Å². The first kappa shape index (κ1) is 15.9. The van der Waals surface area contributed by atoms with E-state index in [1.54, 1.807) is 6.07 Å². The van der Waals surface area contributed by atoms with Crippen molar-refractivity contribution in [1.82, 2.24) is 5.32 Å². The highest BCUT2D eigenvalue weighted by atomic mass is 79.9. The molecule has 0 aliphatic heterocycles. The summed E-state index contributed by atoms with van der Waals surface area (Å²) in [5, 5.41) is 12.9. The van der Waals surface area contributed by atoms with Gasteiger partial charge in [-0.1, -0.05) is 24.3 Å². The van der Waals surface area contributed by atoms with Crippen LogP contribution in [0.2, 0.25) is 0 Å². The number of rotatable bonds is 7. The van der Waals surface area contributed by atoms with Crippen molar-refractivity contribution in [3.63, 3.8) is 0 Å². The lowest BCUT2D eigenvalue weighted by Gasteiger charge is -2.19. The number of phenolic OH excluding ortho intramolecular Hbond substituents is 1. The van der Waals surface area contributed by atoms with Crippen LogP contribution in [0.1, 0.15) is 12.0 Å². The fourth-order valence-electron chi connectivity index (χ4n) is 2.15. The van der Waals surface area contributed by atoms with Gasteiger partial charge < -0.3 is 15.3 Å². The van der Waals surface area contributed by atoms with Crippen molar-refractivity contribution in [1.29, 1.82) is 0 Å². The molecule has 0 saturated heterocycles. The topological polar surface area (TPSA) is 35.5 Å². The van der Waals surface area contributed by atoms with E-state index in [4.69, 9.17) is 0 Å². The fraction of sp³-hybridized carbons (Fsp3) is 0.294. The molecule has 2 rings (SSSR count). The van der Waals surface area contributed by atoms with Gasteiger partial charge >= 0.3 is 0 Å². The first-order valence-corrected chi connectivity index (χ1v) is 7.90. The van der Waals surface area contributed by atoms with Crippen LogP contribution < -0.4 is 10.2 Å². The number of nitrogens with zero attached hydrogens (tertiary/aromatic N) is 1. The summed E-state index contributed by atoms with van der Waals surface area (Å²) in [5.41, 5.74) is 2.41. The first-order chi connectivity index (χ1) is 10.2. The predicted octanol–water partition coefficient (Wildman–Crippen LogP) is 3.77. The third-order valence-corrected chi connectivity index (χ3v) is 4.02. The molecule has 2 aromatic rings. The largest absolute Gasteiger partial charge is 0.507 e. The molecule has 0 aliphatic rings. The molecule has 0 aliphatic carbocycles. The average Bonchev–Trinajstić information content (AvgIpc) is 2.51. The molecule has 3 nitrogen and oxygen atoms in total. The summed E-state index contributed by atoms with van der Waals surface area (Å²) >= 11 is 3.33. The van der Waals surface area contributed by atoms with Gasteiger partial charge in [-0.3, -0.25) is 0 Å². The fourth-order valence-corrected chi connectivity index (χ4v) is 2.57. The van der Waals surface area contributed by atoms with Crippen molar-refractivity contribution in [3.05, 3.63) is 58.6 Å². The Hall–Kier alpha value is -1.52.